The molecule has 234 valence electrons. The van der Waals surface area contributed by atoms with Crippen LogP contribution in [0.2, 0.25) is 0 Å². The maximum Gasteiger partial charge on any atom is 0.164 e. The molecule has 8 aromatic carbocycles. The van der Waals surface area contributed by atoms with E-state index in [4.69, 9.17) is 15.0 Å². The Hall–Kier alpha value is -6.71. The molecule has 0 aliphatic heterocycles. The molecule has 0 N–H and O–H groups in total. The second-order valence-electron chi connectivity index (χ2n) is 12.5. The predicted octanol–water partition coefficient (Wildman–Crippen LogP) is 12.2. The van der Waals surface area contributed by atoms with Crippen LogP contribution in [-0.4, -0.2) is 15.0 Å². The molecule has 9 rings (SSSR count). The summed E-state index contributed by atoms with van der Waals surface area (Å²) in [6.07, 6.45) is 0. The average molecular weight is 638 g/mol. The summed E-state index contributed by atoms with van der Waals surface area (Å²) in [5.74, 6) is 1.91. The molecule has 0 bridgehead atoms. The summed E-state index contributed by atoms with van der Waals surface area (Å²) in [5, 5.41) is 4.63. The first-order valence-corrected chi connectivity index (χ1v) is 16.9. The average Bonchev–Trinajstić information content (AvgIpc) is 3.21. The lowest BCUT2D eigenvalue weighted by atomic mass is 9.95. The topological polar surface area (TPSA) is 38.7 Å². The van der Waals surface area contributed by atoms with E-state index in [1.54, 1.807) is 0 Å². The van der Waals surface area contributed by atoms with E-state index in [2.05, 4.69) is 176 Å². The molecule has 0 fully saturated rings. The van der Waals surface area contributed by atoms with Gasteiger partial charge in [0.25, 0.3) is 0 Å². The molecule has 9 aromatic rings. The van der Waals surface area contributed by atoms with Crippen LogP contribution in [0.25, 0.3) is 89.1 Å². The van der Waals surface area contributed by atoms with Gasteiger partial charge in [0.1, 0.15) is 0 Å². The zero-order valence-corrected chi connectivity index (χ0v) is 27.2. The van der Waals surface area contributed by atoms with Crippen molar-refractivity contribution in [1.29, 1.82) is 0 Å². The van der Waals surface area contributed by atoms with Gasteiger partial charge in [-0.3, -0.25) is 0 Å². The Morgan fingerprint density at radius 3 is 1.34 bits per heavy atom. The zero-order valence-electron chi connectivity index (χ0n) is 27.2. The van der Waals surface area contributed by atoms with Gasteiger partial charge in [-0.25, -0.2) is 15.0 Å². The molecule has 0 spiro atoms. The first kappa shape index (κ1) is 29.4. The number of nitrogens with zero attached hydrogens (tertiary/aromatic N) is 3. The molecule has 0 saturated heterocycles. The maximum atomic E-state index is 5.17. The van der Waals surface area contributed by atoms with Crippen molar-refractivity contribution >= 4 is 21.5 Å². The van der Waals surface area contributed by atoms with Crippen molar-refractivity contribution in [1.82, 2.24) is 15.0 Å². The van der Waals surface area contributed by atoms with Crippen molar-refractivity contribution in [3.63, 3.8) is 0 Å². The summed E-state index contributed by atoms with van der Waals surface area (Å²) in [6.45, 7) is 0. The molecule has 50 heavy (non-hydrogen) atoms. The Morgan fingerprint density at radius 2 is 0.680 bits per heavy atom. The van der Waals surface area contributed by atoms with Gasteiger partial charge in [-0.15, -0.1) is 0 Å². The van der Waals surface area contributed by atoms with Gasteiger partial charge in [0, 0.05) is 16.7 Å². The van der Waals surface area contributed by atoms with Crippen molar-refractivity contribution in [2.24, 2.45) is 0 Å². The van der Waals surface area contributed by atoms with Gasteiger partial charge in [-0.2, -0.15) is 0 Å². The van der Waals surface area contributed by atoms with E-state index in [9.17, 15) is 0 Å². The lowest BCUT2D eigenvalue weighted by Gasteiger charge is -2.13. The smallest absolute Gasteiger partial charge is 0.164 e. The van der Waals surface area contributed by atoms with Gasteiger partial charge >= 0.3 is 0 Å². The molecule has 0 atom stereocenters. The van der Waals surface area contributed by atoms with E-state index < -0.39 is 0 Å². The SMILES string of the molecule is c1ccc(-c2cccc(-c3nc(-c4ccc5cc(-c6ccccc6)ccc5c4)nc(-c4cc(-c5ccccc5)c5ccccc5c4)n3)c2)cc1. The van der Waals surface area contributed by atoms with Gasteiger partial charge in [0.2, 0.25) is 0 Å². The first-order chi connectivity index (χ1) is 24.7. The summed E-state index contributed by atoms with van der Waals surface area (Å²) in [5.41, 5.74) is 9.78. The third-order valence-corrected chi connectivity index (χ3v) is 9.27. The molecule has 0 unspecified atom stereocenters. The number of rotatable bonds is 6. The van der Waals surface area contributed by atoms with Crippen molar-refractivity contribution in [3.8, 4) is 67.5 Å². The standard InChI is InChI=1S/C47H31N3/c1-4-13-32(14-5-1)35-20-12-21-40(28-35)45-48-46(41-26-25-37-27-36(23-24-38(37)29-41)33-15-6-2-7-16-33)50-47(49-45)42-30-39-19-10-11-22-43(39)44(31-42)34-17-8-3-9-18-34/h1-31H. The number of aromatic nitrogens is 3. The first-order valence-electron chi connectivity index (χ1n) is 16.9. The van der Waals surface area contributed by atoms with Crippen LogP contribution in [0.1, 0.15) is 0 Å². The lowest BCUT2D eigenvalue weighted by Crippen LogP contribution is -2.01. The molecule has 1 heterocycles. The maximum absolute atomic E-state index is 5.17. The van der Waals surface area contributed by atoms with E-state index in [0.717, 1.165) is 49.7 Å². The minimum atomic E-state index is 0.636. The molecule has 0 aliphatic rings. The Labute approximate surface area is 291 Å². The highest BCUT2D eigenvalue weighted by Crippen LogP contribution is 2.35. The third kappa shape index (κ3) is 5.72. The monoisotopic (exact) mass is 637 g/mol. The molecular formula is C47H31N3. The summed E-state index contributed by atoms with van der Waals surface area (Å²) >= 11 is 0. The largest absolute Gasteiger partial charge is 0.208 e. The molecule has 0 amide bonds. The van der Waals surface area contributed by atoms with Crippen LogP contribution in [0.3, 0.4) is 0 Å². The highest BCUT2D eigenvalue weighted by Gasteiger charge is 2.16. The van der Waals surface area contributed by atoms with Crippen molar-refractivity contribution < 1.29 is 0 Å². The highest BCUT2D eigenvalue weighted by molar-refractivity contribution is 6.00. The molecule has 3 heteroatoms. The summed E-state index contributed by atoms with van der Waals surface area (Å²) < 4.78 is 0. The van der Waals surface area contributed by atoms with E-state index >= 15 is 0 Å². The van der Waals surface area contributed by atoms with Crippen LogP contribution in [0.15, 0.2) is 188 Å². The van der Waals surface area contributed by atoms with Crippen LogP contribution in [0.5, 0.6) is 0 Å². The van der Waals surface area contributed by atoms with Crippen molar-refractivity contribution in [3.05, 3.63) is 188 Å². The Morgan fingerprint density at radius 1 is 0.240 bits per heavy atom. The molecule has 1 aromatic heterocycles. The van der Waals surface area contributed by atoms with E-state index in [0.29, 0.717) is 17.5 Å². The molecule has 0 radical (unpaired) electrons. The Kier molecular flexibility index (Phi) is 7.49. The molecule has 3 nitrogen and oxygen atoms in total. The van der Waals surface area contributed by atoms with Crippen LogP contribution < -0.4 is 0 Å². The Balaban J connectivity index is 1.22. The quantitative estimate of drug-likeness (QED) is 0.182. The van der Waals surface area contributed by atoms with Gasteiger partial charge < -0.3 is 0 Å². The third-order valence-electron chi connectivity index (χ3n) is 9.27. The minimum Gasteiger partial charge on any atom is -0.208 e. The molecule has 0 aliphatic carbocycles. The number of hydrogen-bond acceptors (Lipinski definition) is 3. The van der Waals surface area contributed by atoms with E-state index in [-0.39, 0.29) is 0 Å². The molecule has 0 saturated carbocycles. The molecular weight excluding hydrogens is 607 g/mol. The number of hydrogen-bond donors (Lipinski definition) is 0. The predicted molar refractivity (Wildman–Crippen MR) is 207 cm³/mol. The fourth-order valence-corrected chi connectivity index (χ4v) is 6.72. The Bertz CT molecular complexity index is 2630. The van der Waals surface area contributed by atoms with Crippen LogP contribution in [0.4, 0.5) is 0 Å². The van der Waals surface area contributed by atoms with Gasteiger partial charge in [-0.1, -0.05) is 158 Å². The second-order valence-corrected chi connectivity index (χ2v) is 12.5. The lowest BCUT2D eigenvalue weighted by molar-refractivity contribution is 1.08. The number of benzene rings is 8. The van der Waals surface area contributed by atoms with Crippen LogP contribution >= 0.6 is 0 Å². The van der Waals surface area contributed by atoms with Gasteiger partial charge in [-0.05, 0) is 85.3 Å². The van der Waals surface area contributed by atoms with E-state index in [1.165, 1.54) is 21.9 Å². The minimum absolute atomic E-state index is 0.636. The van der Waals surface area contributed by atoms with Gasteiger partial charge in [0.15, 0.2) is 17.5 Å². The summed E-state index contributed by atoms with van der Waals surface area (Å²) in [4.78, 5) is 15.5. The summed E-state index contributed by atoms with van der Waals surface area (Å²) in [6, 6.07) is 65.9. The van der Waals surface area contributed by atoms with E-state index in [1.807, 2.05) is 12.1 Å². The number of fused-ring (bicyclic) bond motifs is 2. The zero-order chi connectivity index (χ0) is 33.3. The van der Waals surface area contributed by atoms with Crippen molar-refractivity contribution in [2.45, 2.75) is 0 Å². The van der Waals surface area contributed by atoms with Gasteiger partial charge in [0.05, 0.1) is 0 Å². The normalized spacial score (nSPS) is 11.2. The fourth-order valence-electron chi connectivity index (χ4n) is 6.72. The van der Waals surface area contributed by atoms with Crippen LogP contribution in [-0.2, 0) is 0 Å². The summed E-state index contributed by atoms with van der Waals surface area (Å²) in [7, 11) is 0. The highest BCUT2D eigenvalue weighted by atomic mass is 15.0. The van der Waals surface area contributed by atoms with Crippen LogP contribution in [0, 0.1) is 0 Å². The fraction of sp³-hybridized carbons (Fsp3) is 0. The van der Waals surface area contributed by atoms with Crippen molar-refractivity contribution in [2.75, 3.05) is 0 Å². The second kappa shape index (κ2) is 12.7.